The maximum atomic E-state index is 12.8. The quantitative estimate of drug-likeness (QED) is 0.849. The molecule has 0 aromatic heterocycles. The number of sulfonamides is 1. The average molecular weight is 340 g/mol. The number of methoxy groups -OCH3 is 1. The van der Waals surface area contributed by atoms with E-state index in [1.165, 1.54) is 4.31 Å². The molecule has 0 aliphatic carbocycles. The van der Waals surface area contributed by atoms with E-state index < -0.39 is 16.1 Å². The first-order chi connectivity index (χ1) is 11.0. The number of nitrogens with one attached hydrogen (secondary N) is 1. The van der Waals surface area contributed by atoms with Crippen molar-refractivity contribution in [3.05, 3.63) is 30.3 Å². The number of amides is 1. The summed E-state index contributed by atoms with van der Waals surface area (Å²) in [4.78, 5) is 12.7. The van der Waals surface area contributed by atoms with Gasteiger partial charge in [0.1, 0.15) is 6.04 Å². The summed E-state index contributed by atoms with van der Waals surface area (Å²) in [5.74, 6) is -0.256. The molecule has 1 fully saturated rings. The second kappa shape index (κ2) is 7.90. The average Bonchev–Trinajstić information content (AvgIpc) is 2.56. The summed E-state index contributed by atoms with van der Waals surface area (Å²) in [6.07, 6.45) is 2.15. The molecule has 2 rings (SSSR count). The molecule has 0 spiro atoms. The molecule has 2 atom stereocenters. The highest BCUT2D eigenvalue weighted by atomic mass is 32.2. The predicted molar refractivity (Wildman–Crippen MR) is 87.5 cm³/mol. The molecular formula is C16H24N2O4S. The highest BCUT2D eigenvalue weighted by molar-refractivity contribution is 7.89. The van der Waals surface area contributed by atoms with E-state index in [0.717, 1.165) is 12.8 Å². The van der Waals surface area contributed by atoms with Crippen molar-refractivity contribution in [3.8, 4) is 0 Å². The minimum Gasteiger partial charge on any atom is -0.383 e. The molecule has 1 aromatic carbocycles. The number of piperidine rings is 1. The van der Waals surface area contributed by atoms with Gasteiger partial charge in [-0.2, -0.15) is 4.31 Å². The number of hydrogen-bond acceptors (Lipinski definition) is 4. The van der Waals surface area contributed by atoms with E-state index in [0.29, 0.717) is 19.6 Å². The second-order valence-corrected chi connectivity index (χ2v) is 7.70. The number of nitrogens with zero attached hydrogens (tertiary/aromatic N) is 1. The van der Waals surface area contributed by atoms with Crippen LogP contribution in [0.1, 0.15) is 26.2 Å². The van der Waals surface area contributed by atoms with Crippen molar-refractivity contribution in [1.29, 1.82) is 0 Å². The number of hydrogen-bond donors (Lipinski definition) is 1. The molecule has 1 amide bonds. The Morgan fingerprint density at radius 3 is 2.70 bits per heavy atom. The Kier molecular flexibility index (Phi) is 6.15. The minimum absolute atomic E-state index is 0.157. The Bertz CT molecular complexity index is 618. The fourth-order valence-corrected chi connectivity index (χ4v) is 4.49. The Hall–Kier alpha value is -1.44. The number of carbonyl (C=O) groups is 1. The Labute approximate surface area is 137 Å². The first kappa shape index (κ1) is 17.9. The van der Waals surface area contributed by atoms with Gasteiger partial charge in [-0.1, -0.05) is 24.6 Å². The van der Waals surface area contributed by atoms with E-state index in [9.17, 15) is 13.2 Å². The minimum atomic E-state index is -3.66. The van der Waals surface area contributed by atoms with Crippen molar-refractivity contribution in [2.75, 3.05) is 20.3 Å². The van der Waals surface area contributed by atoms with Gasteiger partial charge in [0, 0.05) is 19.7 Å². The molecule has 0 bridgehead atoms. The van der Waals surface area contributed by atoms with Crippen molar-refractivity contribution < 1.29 is 17.9 Å². The summed E-state index contributed by atoms with van der Waals surface area (Å²) in [6, 6.07) is 7.45. The molecule has 1 heterocycles. The molecule has 0 saturated carbocycles. The fourth-order valence-electron chi connectivity index (χ4n) is 2.81. The van der Waals surface area contributed by atoms with Crippen molar-refractivity contribution in [2.45, 2.75) is 43.2 Å². The van der Waals surface area contributed by atoms with E-state index in [4.69, 9.17) is 4.74 Å². The van der Waals surface area contributed by atoms with Crippen LogP contribution < -0.4 is 5.32 Å². The molecule has 1 aliphatic rings. The van der Waals surface area contributed by atoms with Gasteiger partial charge in [-0.05, 0) is 31.9 Å². The van der Waals surface area contributed by atoms with Gasteiger partial charge in [0.25, 0.3) is 0 Å². The summed E-state index contributed by atoms with van der Waals surface area (Å²) < 4.78 is 32.0. The summed E-state index contributed by atoms with van der Waals surface area (Å²) in [6.45, 7) is 2.60. The van der Waals surface area contributed by atoms with Crippen LogP contribution in [0, 0.1) is 0 Å². The molecule has 7 heteroatoms. The first-order valence-corrected chi connectivity index (χ1v) is 9.27. The lowest BCUT2D eigenvalue weighted by atomic mass is 10.0. The molecule has 1 saturated heterocycles. The van der Waals surface area contributed by atoms with Crippen molar-refractivity contribution >= 4 is 15.9 Å². The Morgan fingerprint density at radius 2 is 2.04 bits per heavy atom. The highest BCUT2D eigenvalue weighted by Gasteiger charge is 2.37. The second-order valence-electron chi connectivity index (χ2n) is 5.81. The lowest BCUT2D eigenvalue weighted by molar-refractivity contribution is -0.126. The van der Waals surface area contributed by atoms with Crippen LogP contribution in [0.3, 0.4) is 0 Å². The summed E-state index contributed by atoms with van der Waals surface area (Å²) >= 11 is 0. The van der Waals surface area contributed by atoms with Gasteiger partial charge < -0.3 is 10.1 Å². The normalized spacial score (nSPS) is 20.9. The molecule has 1 aromatic rings. The van der Waals surface area contributed by atoms with Crippen LogP contribution in [0.4, 0.5) is 0 Å². The molecule has 23 heavy (non-hydrogen) atoms. The van der Waals surface area contributed by atoms with Crippen LogP contribution in [0.5, 0.6) is 0 Å². The van der Waals surface area contributed by atoms with Crippen LogP contribution in [0.15, 0.2) is 35.2 Å². The van der Waals surface area contributed by atoms with Gasteiger partial charge in [-0.3, -0.25) is 4.79 Å². The highest BCUT2D eigenvalue weighted by Crippen LogP contribution is 2.25. The van der Waals surface area contributed by atoms with Crippen molar-refractivity contribution in [2.24, 2.45) is 0 Å². The largest absolute Gasteiger partial charge is 0.383 e. The van der Waals surface area contributed by atoms with Crippen LogP contribution in [0.2, 0.25) is 0 Å². The molecule has 0 radical (unpaired) electrons. The molecule has 2 unspecified atom stereocenters. The van der Waals surface area contributed by atoms with Crippen molar-refractivity contribution in [3.63, 3.8) is 0 Å². The van der Waals surface area contributed by atoms with Crippen LogP contribution in [0.25, 0.3) is 0 Å². The molecule has 6 nitrogen and oxygen atoms in total. The standard InChI is InChI=1S/C16H24N2O4S/c1-13(12-22-2)17-16(19)15-10-6-7-11-18(15)23(20,21)14-8-4-3-5-9-14/h3-5,8-9,13,15H,6-7,10-12H2,1-2H3,(H,17,19). The van der Waals surface area contributed by atoms with Gasteiger partial charge in [0.2, 0.25) is 15.9 Å². The van der Waals surface area contributed by atoms with E-state index in [-0.39, 0.29) is 16.8 Å². The molecule has 128 valence electrons. The zero-order valence-corrected chi connectivity index (χ0v) is 14.4. The topological polar surface area (TPSA) is 75.7 Å². The van der Waals surface area contributed by atoms with Gasteiger partial charge in [-0.25, -0.2) is 8.42 Å². The third-order valence-electron chi connectivity index (χ3n) is 3.91. The van der Waals surface area contributed by atoms with Gasteiger partial charge in [0.05, 0.1) is 11.5 Å². The number of rotatable bonds is 6. The van der Waals surface area contributed by atoms with E-state index in [1.807, 2.05) is 6.92 Å². The maximum absolute atomic E-state index is 12.8. The SMILES string of the molecule is COCC(C)NC(=O)C1CCCCN1S(=O)(=O)c1ccccc1. The third-order valence-corrected chi connectivity index (χ3v) is 5.83. The fraction of sp³-hybridized carbons (Fsp3) is 0.562. The van der Waals surface area contributed by atoms with Crippen LogP contribution >= 0.6 is 0 Å². The van der Waals surface area contributed by atoms with Crippen LogP contribution in [-0.2, 0) is 19.6 Å². The monoisotopic (exact) mass is 340 g/mol. The Balaban J connectivity index is 2.20. The zero-order chi connectivity index (χ0) is 16.9. The van der Waals surface area contributed by atoms with Gasteiger partial charge in [0.15, 0.2) is 0 Å². The predicted octanol–water partition coefficient (Wildman–Crippen LogP) is 1.38. The molecule has 1 N–H and O–H groups in total. The van der Waals surface area contributed by atoms with E-state index in [1.54, 1.807) is 37.4 Å². The van der Waals surface area contributed by atoms with Gasteiger partial charge >= 0.3 is 0 Å². The summed E-state index contributed by atoms with van der Waals surface area (Å²) in [5, 5.41) is 2.83. The maximum Gasteiger partial charge on any atom is 0.243 e. The van der Waals surface area contributed by atoms with E-state index >= 15 is 0 Å². The lowest BCUT2D eigenvalue weighted by Crippen LogP contribution is -2.53. The van der Waals surface area contributed by atoms with Gasteiger partial charge in [-0.15, -0.1) is 0 Å². The van der Waals surface area contributed by atoms with E-state index in [2.05, 4.69) is 5.32 Å². The Morgan fingerprint density at radius 1 is 1.35 bits per heavy atom. The van der Waals surface area contributed by atoms with Crippen molar-refractivity contribution in [1.82, 2.24) is 9.62 Å². The summed E-state index contributed by atoms with van der Waals surface area (Å²) in [7, 11) is -2.10. The lowest BCUT2D eigenvalue weighted by Gasteiger charge is -2.34. The number of benzene rings is 1. The number of ether oxygens (including phenoxy) is 1. The third kappa shape index (κ3) is 4.31. The zero-order valence-electron chi connectivity index (χ0n) is 13.6. The molecule has 1 aliphatic heterocycles. The first-order valence-electron chi connectivity index (χ1n) is 7.83. The smallest absolute Gasteiger partial charge is 0.243 e. The van der Waals surface area contributed by atoms with Crippen LogP contribution in [-0.4, -0.2) is 51.0 Å². The summed E-state index contributed by atoms with van der Waals surface area (Å²) in [5.41, 5.74) is 0. The number of carbonyl (C=O) groups excluding carboxylic acids is 1. The molecular weight excluding hydrogens is 316 g/mol.